The third kappa shape index (κ3) is 14.8. The molecule has 184 valence electrons. The first-order chi connectivity index (χ1) is 15.4. The standard InChI is InChI=1S/C25H44NO5P/c1-2-3-4-5-6-7-8-9-10-11-12-13-14-18-21-31-22-24(27)26-25(32(28,29)30)23-19-16-15-17-20-23/h15-17,19-20,25H,2-14,18,21-22H2,1H3,(H,26,27)(H2,28,29,30). The van der Waals surface area contributed by atoms with Gasteiger partial charge in [0.05, 0.1) is 0 Å². The minimum atomic E-state index is -4.52. The van der Waals surface area contributed by atoms with E-state index in [1.54, 1.807) is 30.3 Å². The van der Waals surface area contributed by atoms with Crippen LogP contribution in [0.15, 0.2) is 30.3 Å². The van der Waals surface area contributed by atoms with Crippen molar-refractivity contribution in [2.75, 3.05) is 13.2 Å². The van der Waals surface area contributed by atoms with E-state index in [2.05, 4.69) is 12.2 Å². The van der Waals surface area contributed by atoms with Crippen molar-refractivity contribution < 1.29 is 23.9 Å². The lowest BCUT2D eigenvalue weighted by atomic mass is 10.0. The molecule has 1 atom stereocenters. The SMILES string of the molecule is CCCCCCCCCCCCCCCCOCC(=O)NC(c1ccccc1)P(=O)(O)O. The molecule has 0 saturated heterocycles. The molecule has 0 aliphatic rings. The van der Waals surface area contributed by atoms with Crippen LogP contribution in [-0.4, -0.2) is 28.9 Å². The predicted octanol–water partition coefficient (Wildman–Crippen LogP) is 6.48. The molecule has 0 aliphatic heterocycles. The van der Waals surface area contributed by atoms with Gasteiger partial charge in [-0.05, 0) is 12.0 Å². The third-order valence-electron chi connectivity index (χ3n) is 5.62. The summed E-state index contributed by atoms with van der Waals surface area (Å²) >= 11 is 0. The topological polar surface area (TPSA) is 95.9 Å². The highest BCUT2D eigenvalue weighted by Crippen LogP contribution is 2.49. The van der Waals surface area contributed by atoms with Gasteiger partial charge < -0.3 is 19.8 Å². The Morgan fingerprint density at radius 3 is 1.78 bits per heavy atom. The summed E-state index contributed by atoms with van der Waals surface area (Å²) in [5, 5.41) is 2.40. The number of ether oxygens (including phenoxy) is 1. The van der Waals surface area contributed by atoms with E-state index in [1.165, 1.54) is 77.0 Å². The molecule has 0 bridgehead atoms. The summed E-state index contributed by atoms with van der Waals surface area (Å²) in [6, 6.07) is 8.27. The number of amides is 1. The number of rotatable bonds is 20. The molecule has 0 aliphatic carbocycles. The van der Waals surface area contributed by atoms with Gasteiger partial charge in [0.1, 0.15) is 6.61 Å². The number of carbonyl (C=O) groups excluding carboxylic acids is 1. The van der Waals surface area contributed by atoms with E-state index in [0.29, 0.717) is 12.2 Å². The van der Waals surface area contributed by atoms with Crippen molar-refractivity contribution in [2.45, 2.75) is 103 Å². The Morgan fingerprint density at radius 2 is 1.31 bits per heavy atom. The van der Waals surface area contributed by atoms with Crippen LogP contribution in [0.4, 0.5) is 0 Å². The molecule has 0 saturated carbocycles. The van der Waals surface area contributed by atoms with E-state index in [-0.39, 0.29) is 6.61 Å². The lowest BCUT2D eigenvalue weighted by molar-refractivity contribution is -0.126. The van der Waals surface area contributed by atoms with E-state index in [4.69, 9.17) is 4.74 Å². The molecule has 7 heteroatoms. The van der Waals surface area contributed by atoms with Crippen LogP contribution in [-0.2, 0) is 14.1 Å². The predicted molar refractivity (Wildman–Crippen MR) is 131 cm³/mol. The maximum atomic E-state index is 12.0. The number of hydrogen-bond donors (Lipinski definition) is 3. The van der Waals surface area contributed by atoms with Crippen molar-refractivity contribution >= 4 is 13.5 Å². The maximum absolute atomic E-state index is 12.0. The van der Waals surface area contributed by atoms with Gasteiger partial charge in [0, 0.05) is 6.61 Å². The normalized spacial score (nSPS) is 12.6. The second kappa shape index (κ2) is 18.3. The van der Waals surface area contributed by atoms with Crippen molar-refractivity contribution in [3.8, 4) is 0 Å². The molecule has 0 fully saturated rings. The fourth-order valence-corrected chi connectivity index (χ4v) is 4.63. The lowest BCUT2D eigenvalue weighted by Gasteiger charge is -2.20. The fraction of sp³-hybridized carbons (Fsp3) is 0.720. The zero-order chi connectivity index (χ0) is 23.5. The quantitative estimate of drug-likeness (QED) is 0.150. The first-order valence-corrected chi connectivity index (χ1v) is 14.1. The number of hydrogen-bond acceptors (Lipinski definition) is 3. The first-order valence-electron chi connectivity index (χ1n) is 12.4. The summed E-state index contributed by atoms with van der Waals surface area (Å²) in [6.07, 6.45) is 18.0. The third-order valence-corrected chi connectivity index (χ3v) is 6.72. The summed E-state index contributed by atoms with van der Waals surface area (Å²) in [6.45, 7) is 2.55. The average molecular weight is 470 g/mol. The van der Waals surface area contributed by atoms with Gasteiger partial charge in [-0.15, -0.1) is 0 Å². The highest BCUT2D eigenvalue weighted by molar-refractivity contribution is 7.52. The van der Waals surface area contributed by atoms with E-state index < -0.39 is 19.3 Å². The Kier molecular flexibility index (Phi) is 16.4. The average Bonchev–Trinajstić information content (AvgIpc) is 2.77. The Bertz CT molecular complexity index is 634. The minimum Gasteiger partial charge on any atom is -0.372 e. The van der Waals surface area contributed by atoms with E-state index >= 15 is 0 Å². The van der Waals surface area contributed by atoms with Crippen LogP contribution >= 0.6 is 7.60 Å². The van der Waals surface area contributed by atoms with E-state index in [0.717, 1.165) is 12.8 Å². The van der Waals surface area contributed by atoms with Crippen molar-refractivity contribution in [3.05, 3.63) is 35.9 Å². The van der Waals surface area contributed by atoms with Crippen LogP contribution in [0, 0.1) is 0 Å². The van der Waals surface area contributed by atoms with Crippen molar-refractivity contribution in [2.24, 2.45) is 0 Å². The second-order valence-electron chi connectivity index (χ2n) is 8.62. The molecular formula is C25H44NO5P. The summed E-state index contributed by atoms with van der Waals surface area (Å²) in [5.74, 6) is -1.87. The van der Waals surface area contributed by atoms with Crippen molar-refractivity contribution in [1.29, 1.82) is 0 Å². The molecule has 0 aromatic heterocycles. The van der Waals surface area contributed by atoms with E-state index in [1.807, 2.05) is 0 Å². The summed E-state index contributed by atoms with van der Waals surface area (Å²) in [5.41, 5.74) is 0.376. The Hall–Kier alpha value is -1.20. The Labute approximate surface area is 194 Å². The largest absolute Gasteiger partial charge is 0.372 e. The monoisotopic (exact) mass is 469 g/mol. The molecule has 1 aromatic rings. The summed E-state index contributed by atoms with van der Waals surface area (Å²) < 4.78 is 17.1. The highest BCUT2D eigenvalue weighted by Gasteiger charge is 2.31. The van der Waals surface area contributed by atoms with Gasteiger partial charge >= 0.3 is 7.60 Å². The second-order valence-corrected chi connectivity index (χ2v) is 10.3. The van der Waals surface area contributed by atoms with Gasteiger partial charge in [0.15, 0.2) is 5.78 Å². The molecular weight excluding hydrogens is 425 g/mol. The van der Waals surface area contributed by atoms with Gasteiger partial charge in [-0.2, -0.15) is 0 Å². The van der Waals surface area contributed by atoms with Crippen LogP contribution < -0.4 is 5.32 Å². The molecule has 1 unspecified atom stereocenters. The molecule has 0 spiro atoms. The van der Waals surface area contributed by atoms with Crippen LogP contribution in [0.25, 0.3) is 0 Å². The molecule has 1 amide bonds. The first kappa shape index (κ1) is 28.8. The van der Waals surface area contributed by atoms with Gasteiger partial charge in [-0.1, -0.05) is 121 Å². The van der Waals surface area contributed by atoms with Crippen molar-refractivity contribution in [1.82, 2.24) is 5.32 Å². The molecule has 32 heavy (non-hydrogen) atoms. The van der Waals surface area contributed by atoms with Crippen LogP contribution in [0.1, 0.15) is 108 Å². The molecule has 1 aromatic carbocycles. The summed E-state index contributed by atoms with van der Waals surface area (Å²) in [4.78, 5) is 31.1. The number of benzene rings is 1. The van der Waals surface area contributed by atoms with Gasteiger partial charge in [-0.3, -0.25) is 9.36 Å². The maximum Gasteiger partial charge on any atom is 0.352 e. The molecule has 6 nitrogen and oxygen atoms in total. The van der Waals surface area contributed by atoms with Crippen LogP contribution in [0.2, 0.25) is 0 Å². The number of unbranched alkanes of at least 4 members (excludes halogenated alkanes) is 13. The van der Waals surface area contributed by atoms with Crippen LogP contribution in [0.3, 0.4) is 0 Å². The fourth-order valence-electron chi connectivity index (χ4n) is 3.75. The molecule has 0 radical (unpaired) electrons. The smallest absolute Gasteiger partial charge is 0.352 e. The lowest BCUT2D eigenvalue weighted by Crippen LogP contribution is -2.31. The zero-order valence-electron chi connectivity index (χ0n) is 19.8. The Morgan fingerprint density at radius 1 is 0.844 bits per heavy atom. The number of nitrogens with one attached hydrogen (secondary N) is 1. The molecule has 0 heterocycles. The van der Waals surface area contributed by atoms with Gasteiger partial charge in [-0.25, -0.2) is 0 Å². The Balaban J connectivity index is 1.98. The zero-order valence-corrected chi connectivity index (χ0v) is 20.7. The molecule has 3 N–H and O–H groups in total. The highest BCUT2D eigenvalue weighted by atomic mass is 31.2. The van der Waals surface area contributed by atoms with Crippen molar-refractivity contribution in [3.63, 3.8) is 0 Å². The van der Waals surface area contributed by atoms with E-state index in [9.17, 15) is 19.1 Å². The van der Waals surface area contributed by atoms with Gasteiger partial charge in [0.2, 0.25) is 5.91 Å². The molecule has 1 rings (SSSR count). The number of carbonyl (C=O) groups is 1. The van der Waals surface area contributed by atoms with Gasteiger partial charge in [0.25, 0.3) is 0 Å². The summed E-state index contributed by atoms with van der Waals surface area (Å²) in [7, 11) is -4.52. The minimum absolute atomic E-state index is 0.193. The van der Waals surface area contributed by atoms with Crippen LogP contribution in [0.5, 0.6) is 0 Å².